The predicted molar refractivity (Wildman–Crippen MR) is 93.3 cm³/mol. The molecule has 2 aromatic carbocycles. The summed E-state index contributed by atoms with van der Waals surface area (Å²) in [6, 6.07) is 13.1. The van der Waals surface area contributed by atoms with Gasteiger partial charge >= 0.3 is 0 Å². The molecule has 4 nitrogen and oxygen atoms in total. The maximum absolute atomic E-state index is 13.9. The van der Waals surface area contributed by atoms with Gasteiger partial charge in [-0.15, -0.1) is 0 Å². The van der Waals surface area contributed by atoms with Crippen LogP contribution in [0.5, 0.6) is 0 Å². The zero-order valence-electron chi connectivity index (χ0n) is 13.8. The number of benzene rings is 2. The molecule has 0 spiro atoms. The number of rotatable bonds is 4. The molecule has 1 saturated heterocycles. The first-order valence-corrected chi connectivity index (χ1v) is 8.39. The van der Waals surface area contributed by atoms with Crippen LogP contribution >= 0.6 is 11.6 Å². The van der Waals surface area contributed by atoms with Crippen molar-refractivity contribution in [2.24, 2.45) is 0 Å². The van der Waals surface area contributed by atoms with E-state index in [0.29, 0.717) is 17.1 Å². The topological polar surface area (TPSA) is 40.6 Å². The van der Waals surface area contributed by atoms with Crippen molar-refractivity contribution in [1.82, 2.24) is 9.80 Å². The summed E-state index contributed by atoms with van der Waals surface area (Å²) < 4.78 is 13.9. The summed E-state index contributed by atoms with van der Waals surface area (Å²) in [6.07, 6.45) is 0. The van der Waals surface area contributed by atoms with E-state index in [-0.39, 0.29) is 24.9 Å². The molecule has 0 radical (unpaired) electrons. The second-order valence-corrected chi connectivity index (χ2v) is 6.55. The summed E-state index contributed by atoms with van der Waals surface area (Å²) in [5, 5.41) is 0.394. The van der Waals surface area contributed by atoms with Crippen LogP contribution in [0.15, 0.2) is 48.5 Å². The highest BCUT2D eigenvalue weighted by molar-refractivity contribution is 6.30. The van der Waals surface area contributed by atoms with Crippen molar-refractivity contribution in [3.05, 3.63) is 70.5 Å². The summed E-state index contributed by atoms with van der Waals surface area (Å²) in [4.78, 5) is 28.1. The van der Waals surface area contributed by atoms with E-state index in [2.05, 4.69) is 0 Å². The predicted octanol–water partition coefficient (Wildman–Crippen LogP) is 3.24. The Morgan fingerprint density at radius 1 is 1.12 bits per heavy atom. The molecular formula is C19H18ClFN2O2. The third kappa shape index (κ3) is 3.82. The van der Waals surface area contributed by atoms with Gasteiger partial charge in [0, 0.05) is 23.7 Å². The first-order chi connectivity index (χ1) is 12.0. The summed E-state index contributed by atoms with van der Waals surface area (Å²) in [7, 11) is 0. The molecule has 0 saturated carbocycles. The Kier molecular flexibility index (Phi) is 5.04. The normalized spacial score (nSPS) is 18.0. The average Bonchev–Trinajstić information content (AvgIpc) is 2.60. The van der Waals surface area contributed by atoms with Gasteiger partial charge in [0.1, 0.15) is 18.4 Å². The van der Waals surface area contributed by atoms with Gasteiger partial charge in [0.2, 0.25) is 11.8 Å². The van der Waals surface area contributed by atoms with Gasteiger partial charge in [0.05, 0.1) is 0 Å². The number of halogens is 2. The van der Waals surface area contributed by atoms with Crippen LogP contribution in [0.2, 0.25) is 5.02 Å². The van der Waals surface area contributed by atoms with Crippen LogP contribution in [0.4, 0.5) is 4.39 Å². The van der Waals surface area contributed by atoms with Crippen molar-refractivity contribution in [1.29, 1.82) is 0 Å². The van der Waals surface area contributed by atoms with Crippen molar-refractivity contribution < 1.29 is 14.0 Å². The third-order valence-corrected chi connectivity index (χ3v) is 4.58. The summed E-state index contributed by atoms with van der Waals surface area (Å²) in [5.41, 5.74) is 1.27. The molecule has 0 N–H and O–H groups in total. The van der Waals surface area contributed by atoms with Crippen molar-refractivity contribution in [2.75, 3.05) is 6.54 Å². The minimum Gasteiger partial charge on any atom is -0.327 e. The fraction of sp³-hybridized carbons (Fsp3) is 0.263. The second-order valence-electron chi connectivity index (χ2n) is 6.11. The molecule has 0 aliphatic carbocycles. The number of carbonyl (C=O) groups excluding carboxylic acids is 2. The second kappa shape index (κ2) is 7.23. The number of carbonyl (C=O) groups is 2. The van der Waals surface area contributed by atoms with Gasteiger partial charge in [0.15, 0.2) is 0 Å². The van der Waals surface area contributed by atoms with E-state index < -0.39 is 11.9 Å². The van der Waals surface area contributed by atoms with E-state index >= 15 is 0 Å². The zero-order valence-corrected chi connectivity index (χ0v) is 14.5. The highest BCUT2D eigenvalue weighted by Crippen LogP contribution is 2.21. The Morgan fingerprint density at radius 3 is 2.56 bits per heavy atom. The standard InChI is InChI=1S/C19H18ClFN2O2/c1-13-19(25)22(10-14-5-3-2-4-6-14)12-18(24)23(13)11-15-9-16(20)7-8-17(15)21/h2-9,13H,10-12H2,1H3/t13-/m1/s1. The van der Waals surface area contributed by atoms with Crippen molar-refractivity contribution >= 4 is 23.4 Å². The number of piperazine rings is 1. The fourth-order valence-electron chi connectivity index (χ4n) is 2.96. The molecule has 3 rings (SSSR count). The SMILES string of the molecule is C[C@@H]1C(=O)N(Cc2ccccc2)CC(=O)N1Cc1cc(Cl)ccc1F. The minimum atomic E-state index is -0.650. The van der Waals surface area contributed by atoms with Crippen molar-refractivity contribution in [2.45, 2.75) is 26.1 Å². The van der Waals surface area contributed by atoms with Gasteiger partial charge in [-0.05, 0) is 30.7 Å². The Bertz CT molecular complexity index is 797. The molecule has 1 fully saturated rings. The van der Waals surface area contributed by atoms with E-state index in [1.54, 1.807) is 6.92 Å². The summed E-state index contributed by atoms with van der Waals surface area (Å²) in [6.45, 7) is 2.06. The Morgan fingerprint density at radius 2 is 1.84 bits per heavy atom. The van der Waals surface area contributed by atoms with Crippen LogP contribution < -0.4 is 0 Å². The molecule has 1 aliphatic heterocycles. The Labute approximate surface area is 150 Å². The average molecular weight is 361 g/mol. The number of nitrogens with zero attached hydrogens (tertiary/aromatic N) is 2. The van der Waals surface area contributed by atoms with Crippen molar-refractivity contribution in [3.8, 4) is 0 Å². The van der Waals surface area contributed by atoms with E-state index in [9.17, 15) is 14.0 Å². The highest BCUT2D eigenvalue weighted by Gasteiger charge is 2.36. The van der Waals surface area contributed by atoms with E-state index in [1.807, 2.05) is 30.3 Å². The van der Waals surface area contributed by atoms with E-state index in [4.69, 9.17) is 11.6 Å². The van der Waals surface area contributed by atoms with Crippen molar-refractivity contribution in [3.63, 3.8) is 0 Å². The summed E-state index contributed by atoms with van der Waals surface area (Å²) >= 11 is 5.90. The van der Waals surface area contributed by atoms with Crippen LogP contribution in [0.3, 0.4) is 0 Å². The lowest BCUT2D eigenvalue weighted by Gasteiger charge is -2.39. The quantitative estimate of drug-likeness (QED) is 0.839. The third-order valence-electron chi connectivity index (χ3n) is 4.35. The number of hydrogen-bond acceptors (Lipinski definition) is 2. The highest BCUT2D eigenvalue weighted by atomic mass is 35.5. The monoisotopic (exact) mass is 360 g/mol. The molecule has 25 heavy (non-hydrogen) atoms. The maximum atomic E-state index is 13.9. The molecule has 0 aromatic heterocycles. The lowest BCUT2D eigenvalue weighted by molar-refractivity contribution is -0.156. The van der Waals surface area contributed by atoms with Gasteiger partial charge < -0.3 is 9.80 Å². The fourth-order valence-corrected chi connectivity index (χ4v) is 3.15. The largest absolute Gasteiger partial charge is 0.327 e. The molecule has 2 amide bonds. The van der Waals surface area contributed by atoms with E-state index in [1.165, 1.54) is 28.0 Å². The molecule has 0 bridgehead atoms. The van der Waals surface area contributed by atoms with E-state index in [0.717, 1.165) is 5.56 Å². The van der Waals surface area contributed by atoms with Crippen LogP contribution in [-0.2, 0) is 22.7 Å². The molecule has 130 valence electrons. The molecular weight excluding hydrogens is 343 g/mol. The number of amides is 2. The Balaban J connectivity index is 1.75. The zero-order chi connectivity index (χ0) is 18.0. The lowest BCUT2D eigenvalue weighted by atomic mass is 10.1. The number of hydrogen-bond donors (Lipinski definition) is 0. The smallest absolute Gasteiger partial charge is 0.245 e. The van der Waals surface area contributed by atoms with Gasteiger partial charge in [-0.1, -0.05) is 41.9 Å². The molecule has 2 aromatic rings. The first kappa shape index (κ1) is 17.4. The minimum absolute atomic E-state index is 0.0136. The molecule has 6 heteroatoms. The molecule has 0 unspecified atom stereocenters. The van der Waals surface area contributed by atoms with Crippen LogP contribution in [0.1, 0.15) is 18.1 Å². The van der Waals surface area contributed by atoms with Gasteiger partial charge in [0.25, 0.3) is 0 Å². The molecule has 1 aliphatic rings. The maximum Gasteiger partial charge on any atom is 0.245 e. The lowest BCUT2D eigenvalue weighted by Crippen LogP contribution is -2.58. The first-order valence-electron chi connectivity index (χ1n) is 8.02. The van der Waals surface area contributed by atoms with Crippen LogP contribution in [-0.4, -0.2) is 34.2 Å². The van der Waals surface area contributed by atoms with Crippen LogP contribution in [0, 0.1) is 5.82 Å². The summed E-state index contributed by atoms with van der Waals surface area (Å²) in [5.74, 6) is -0.795. The van der Waals surface area contributed by atoms with Gasteiger partial charge in [-0.3, -0.25) is 9.59 Å². The van der Waals surface area contributed by atoms with Gasteiger partial charge in [-0.2, -0.15) is 0 Å². The van der Waals surface area contributed by atoms with Crippen LogP contribution in [0.25, 0.3) is 0 Å². The van der Waals surface area contributed by atoms with Gasteiger partial charge in [-0.25, -0.2) is 4.39 Å². The Hall–Kier alpha value is -2.40. The molecule has 1 atom stereocenters. The molecule has 1 heterocycles.